The number of piperidine rings is 1. The first-order valence-electron chi connectivity index (χ1n) is 12.3. The summed E-state index contributed by atoms with van der Waals surface area (Å²) in [6.07, 6.45) is 9.80. The fourth-order valence-electron chi connectivity index (χ4n) is 4.57. The molecule has 2 heterocycles. The van der Waals surface area contributed by atoms with E-state index in [1.54, 1.807) is 32.4 Å². The molecule has 1 saturated heterocycles. The SMILES string of the molecule is COc1cc(NC(=O)c2ccc3c(c2OC)C=CC(C)(C)O3)ccc1OCCCC1CCCCN1. The van der Waals surface area contributed by atoms with Crippen LogP contribution in [0.4, 0.5) is 5.69 Å². The fraction of sp³-hybridized carbons (Fsp3) is 0.464. The Labute approximate surface area is 207 Å². The van der Waals surface area contributed by atoms with Crippen LogP contribution in [0.2, 0.25) is 0 Å². The van der Waals surface area contributed by atoms with E-state index in [-0.39, 0.29) is 5.91 Å². The molecule has 4 rings (SSSR count). The van der Waals surface area contributed by atoms with Gasteiger partial charge in [0.05, 0.1) is 32.0 Å². The molecule has 0 aromatic heterocycles. The molecule has 1 fully saturated rings. The topological polar surface area (TPSA) is 78.1 Å². The number of rotatable bonds is 9. The van der Waals surface area contributed by atoms with Crippen molar-refractivity contribution in [2.45, 2.75) is 57.6 Å². The predicted octanol–water partition coefficient (Wildman–Crippen LogP) is 5.44. The van der Waals surface area contributed by atoms with Gasteiger partial charge in [0.25, 0.3) is 5.91 Å². The highest BCUT2D eigenvalue weighted by molar-refractivity contribution is 6.07. The van der Waals surface area contributed by atoms with Crippen LogP contribution in [0.25, 0.3) is 6.08 Å². The summed E-state index contributed by atoms with van der Waals surface area (Å²) >= 11 is 0. The van der Waals surface area contributed by atoms with Crippen LogP contribution in [0.3, 0.4) is 0 Å². The predicted molar refractivity (Wildman–Crippen MR) is 138 cm³/mol. The smallest absolute Gasteiger partial charge is 0.259 e. The zero-order valence-electron chi connectivity index (χ0n) is 21.1. The molecule has 2 aliphatic rings. The largest absolute Gasteiger partial charge is 0.495 e. The number of ether oxygens (including phenoxy) is 4. The molecule has 0 spiro atoms. The van der Waals surface area contributed by atoms with Crippen molar-refractivity contribution in [2.24, 2.45) is 0 Å². The number of nitrogens with one attached hydrogen (secondary N) is 2. The molecule has 35 heavy (non-hydrogen) atoms. The van der Waals surface area contributed by atoms with Gasteiger partial charge in [-0.2, -0.15) is 0 Å². The zero-order chi connectivity index (χ0) is 24.8. The van der Waals surface area contributed by atoms with Gasteiger partial charge < -0.3 is 29.6 Å². The Morgan fingerprint density at radius 1 is 1.14 bits per heavy atom. The molecular weight excluding hydrogens is 444 g/mol. The summed E-state index contributed by atoms with van der Waals surface area (Å²) in [6, 6.07) is 9.54. The number of carbonyl (C=O) groups is 1. The van der Waals surface area contributed by atoms with E-state index < -0.39 is 5.60 Å². The summed E-state index contributed by atoms with van der Waals surface area (Å²) < 4.78 is 23.1. The van der Waals surface area contributed by atoms with Gasteiger partial charge in [0.1, 0.15) is 17.1 Å². The highest BCUT2D eigenvalue weighted by Crippen LogP contribution is 2.39. The third-order valence-electron chi connectivity index (χ3n) is 6.42. The van der Waals surface area contributed by atoms with Gasteiger partial charge in [-0.1, -0.05) is 6.42 Å². The Bertz CT molecular complexity index is 1070. The first kappa shape index (κ1) is 24.9. The third-order valence-corrected chi connectivity index (χ3v) is 6.42. The first-order chi connectivity index (χ1) is 16.9. The van der Waals surface area contributed by atoms with E-state index in [9.17, 15) is 4.79 Å². The van der Waals surface area contributed by atoms with Crippen LogP contribution in [-0.4, -0.2) is 44.9 Å². The lowest BCUT2D eigenvalue weighted by Crippen LogP contribution is -2.34. The number of anilines is 1. The second-order valence-corrected chi connectivity index (χ2v) is 9.55. The molecule has 0 bridgehead atoms. The lowest BCUT2D eigenvalue weighted by atomic mass is 9.99. The molecule has 1 amide bonds. The van der Waals surface area contributed by atoms with Crippen LogP contribution >= 0.6 is 0 Å². The van der Waals surface area contributed by atoms with Crippen LogP contribution in [-0.2, 0) is 0 Å². The summed E-state index contributed by atoms with van der Waals surface area (Å²) in [5.41, 5.74) is 1.38. The maximum atomic E-state index is 13.1. The van der Waals surface area contributed by atoms with E-state index in [4.69, 9.17) is 18.9 Å². The molecule has 2 aromatic carbocycles. The van der Waals surface area contributed by atoms with E-state index in [0.29, 0.717) is 46.9 Å². The molecule has 7 heteroatoms. The van der Waals surface area contributed by atoms with Crippen molar-refractivity contribution in [1.29, 1.82) is 0 Å². The van der Waals surface area contributed by atoms with Crippen molar-refractivity contribution in [3.8, 4) is 23.0 Å². The minimum atomic E-state index is -0.408. The van der Waals surface area contributed by atoms with Gasteiger partial charge in [-0.15, -0.1) is 0 Å². The molecular formula is C28H36N2O5. The molecule has 1 atom stereocenters. The number of methoxy groups -OCH3 is 2. The molecule has 2 aliphatic heterocycles. The first-order valence-corrected chi connectivity index (χ1v) is 12.3. The normalized spacial score (nSPS) is 18.2. The number of hydrogen-bond donors (Lipinski definition) is 2. The fourth-order valence-corrected chi connectivity index (χ4v) is 4.57. The van der Waals surface area contributed by atoms with Crippen molar-refractivity contribution < 1.29 is 23.7 Å². The Balaban J connectivity index is 1.40. The average Bonchev–Trinajstić information content (AvgIpc) is 2.86. The van der Waals surface area contributed by atoms with Crippen LogP contribution in [0, 0.1) is 0 Å². The standard InChI is InChI=1S/C28H36N2O5/c1-28(2)15-14-21-23(35-28)13-11-22(26(21)33-4)27(31)30-20-10-12-24(25(18-20)32-3)34-17-7-9-19-8-5-6-16-29-19/h10-15,18-19,29H,5-9,16-17H2,1-4H3,(H,30,31). The summed E-state index contributed by atoms with van der Waals surface area (Å²) in [7, 11) is 3.15. The van der Waals surface area contributed by atoms with Crippen molar-refractivity contribution in [3.05, 3.63) is 47.5 Å². The van der Waals surface area contributed by atoms with Crippen molar-refractivity contribution >= 4 is 17.7 Å². The van der Waals surface area contributed by atoms with Gasteiger partial charge in [0, 0.05) is 17.8 Å². The number of amides is 1. The molecule has 2 aromatic rings. The molecule has 0 radical (unpaired) electrons. The lowest BCUT2D eigenvalue weighted by Gasteiger charge is -2.29. The van der Waals surface area contributed by atoms with Gasteiger partial charge in [0.2, 0.25) is 0 Å². The monoisotopic (exact) mass is 480 g/mol. The minimum Gasteiger partial charge on any atom is -0.495 e. The van der Waals surface area contributed by atoms with Gasteiger partial charge in [-0.3, -0.25) is 4.79 Å². The lowest BCUT2D eigenvalue weighted by molar-refractivity contribution is 0.102. The third kappa shape index (κ3) is 6.09. The molecule has 7 nitrogen and oxygen atoms in total. The van der Waals surface area contributed by atoms with Gasteiger partial charge in [0.15, 0.2) is 11.5 Å². The van der Waals surface area contributed by atoms with Crippen molar-refractivity contribution in [2.75, 3.05) is 32.7 Å². The highest BCUT2D eigenvalue weighted by Gasteiger charge is 2.26. The summed E-state index contributed by atoms with van der Waals surface area (Å²) in [5.74, 6) is 2.13. The van der Waals surface area contributed by atoms with Crippen LogP contribution in [0.15, 0.2) is 36.4 Å². The van der Waals surface area contributed by atoms with Crippen LogP contribution in [0.5, 0.6) is 23.0 Å². The average molecular weight is 481 g/mol. The minimum absolute atomic E-state index is 0.279. The van der Waals surface area contributed by atoms with Crippen LogP contribution < -0.4 is 29.6 Å². The number of benzene rings is 2. The number of hydrogen-bond acceptors (Lipinski definition) is 6. The highest BCUT2D eigenvalue weighted by atomic mass is 16.5. The summed E-state index contributed by atoms with van der Waals surface area (Å²) in [6.45, 7) is 5.70. The van der Waals surface area contributed by atoms with E-state index >= 15 is 0 Å². The summed E-state index contributed by atoms with van der Waals surface area (Å²) in [5, 5.41) is 6.51. The molecule has 188 valence electrons. The second kappa shape index (κ2) is 11.0. The van der Waals surface area contributed by atoms with E-state index in [2.05, 4.69) is 10.6 Å². The second-order valence-electron chi connectivity index (χ2n) is 9.55. The molecule has 2 N–H and O–H groups in total. The maximum Gasteiger partial charge on any atom is 0.259 e. The Hall–Kier alpha value is -3.19. The van der Waals surface area contributed by atoms with E-state index in [0.717, 1.165) is 24.9 Å². The summed E-state index contributed by atoms with van der Waals surface area (Å²) in [4.78, 5) is 13.1. The molecule has 0 saturated carbocycles. The van der Waals surface area contributed by atoms with Crippen molar-refractivity contribution in [3.63, 3.8) is 0 Å². The quantitative estimate of drug-likeness (QED) is 0.465. The zero-order valence-corrected chi connectivity index (χ0v) is 21.1. The van der Waals surface area contributed by atoms with Gasteiger partial charge in [-0.25, -0.2) is 0 Å². The van der Waals surface area contributed by atoms with Crippen LogP contribution in [0.1, 0.15) is 61.9 Å². The maximum absolute atomic E-state index is 13.1. The molecule has 1 unspecified atom stereocenters. The van der Waals surface area contributed by atoms with Gasteiger partial charge in [-0.05, 0) is 82.5 Å². The Morgan fingerprint density at radius 3 is 2.74 bits per heavy atom. The number of fused-ring (bicyclic) bond motifs is 1. The van der Waals surface area contributed by atoms with E-state index in [1.807, 2.05) is 38.1 Å². The Morgan fingerprint density at radius 2 is 2.00 bits per heavy atom. The Kier molecular flexibility index (Phi) is 7.86. The van der Waals surface area contributed by atoms with E-state index in [1.165, 1.54) is 19.3 Å². The van der Waals surface area contributed by atoms with Gasteiger partial charge >= 0.3 is 0 Å². The van der Waals surface area contributed by atoms with Crippen molar-refractivity contribution in [1.82, 2.24) is 5.32 Å². The number of carbonyl (C=O) groups excluding carboxylic acids is 1. The molecule has 0 aliphatic carbocycles.